The van der Waals surface area contributed by atoms with Gasteiger partial charge in [-0.05, 0) is 18.6 Å². The molecule has 6 heteroatoms. The Hall–Kier alpha value is -2.37. The second-order valence-corrected chi connectivity index (χ2v) is 4.49. The number of unbranched alkanes of at least 4 members (excludes halogenated alkanes) is 1. The SMILES string of the molecule is CCCCn1c(=O)[nH]c2nn3ccccc3c2c1=O. The van der Waals surface area contributed by atoms with E-state index in [0.29, 0.717) is 23.1 Å². The summed E-state index contributed by atoms with van der Waals surface area (Å²) in [4.78, 5) is 27.0. The third-order valence-corrected chi connectivity index (χ3v) is 3.20. The van der Waals surface area contributed by atoms with Gasteiger partial charge in [-0.15, -0.1) is 5.10 Å². The highest BCUT2D eigenvalue weighted by Crippen LogP contribution is 2.12. The number of nitrogens with one attached hydrogen (secondary N) is 1. The van der Waals surface area contributed by atoms with Gasteiger partial charge in [0.25, 0.3) is 5.56 Å². The molecular weight excluding hydrogens is 244 g/mol. The lowest BCUT2D eigenvalue weighted by Crippen LogP contribution is -2.34. The molecule has 3 aromatic rings. The van der Waals surface area contributed by atoms with Crippen molar-refractivity contribution in [2.45, 2.75) is 26.3 Å². The van der Waals surface area contributed by atoms with Gasteiger partial charge in [-0.2, -0.15) is 0 Å². The van der Waals surface area contributed by atoms with Gasteiger partial charge in [0.15, 0.2) is 5.65 Å². The topological polar surface area (TPSA) is 72.2 Å². The first-order chi connectivity index (χ1) is 9.22. The average molecular weight is 258 g/mol. The predicted octanol–water partition coefficient (Wildman–Crippen LogP) is 1.14. The van der Waals surface area contributed by atoms with Crippen LogP contribution in [0, 0.1) is 0 Å². The summed E-state index contributed by atoms with van der Waals surface area (Å²) in [5.41, 5.74) is 0.390. The van der Waals surface area contributed by atoms with Crippen molar-refractivity contribution < 1.29 is 0 Å². The first kappa shape index (κ1) is 11.7. The Labute approximate surface area is 108 Å². The fourth-order valence-corrected chi connectivity index (χ4v) is 2.21. The van der Waals surface area contributed by atoms with Gasteiger partial charge in [-0.3, -0.25) is 14.3 Å². The zero-order chi connectivity index (χ0) is 13.4. The maximum atomic E-state index is 12.4. The standard InChI is InChI=1S/C13H14N4O2/c1-2-3-7-16-12(18)10-9-6-4-5-8-17(9)15-11(10)14-13(16)19/h4-6,8H,2-3,7H2,1H3,(H,14,15,19). The van der Waals surface area contributed by atoms with Crippen molar-refractivity contribution in [1.82, 2.24) is 19.2 Å². The van der Waals surface area contributed by atoms with Crippen molar-refractivity contribution in [1.29, 1.82) is 0 Å². The van der Waals surface area contributed by atoms with Crippen LogP contribution in [0.2, 0.25) is 0 Å². The minimum absolute atomic E-state index is 0.270. The second kappa shape index (κ2) is 4.38. The van der Waals surface area contributed by atoms with Gasteiger partial charge in [0.05, 0.1) is 5.52 Å². The molecule has 6 nitrogen and oxygen atoms in total. The van der Waals surface area contributed by atoms with Gasteiger partial charge in [-0.1, -0.05) is 19.4 Å². The normalized spacial score (nSPS) is 11.4. The number of nitrogens with zero attached hydrogens (tertiary/aromatic N) is 3. The molecule has 0 spiro atoms. The van der Waals surface area contributed by atoms with Gasteiger partial charge in [0.1, 0.15) is 5.39 Å². The van der Waals surface area contributed by atoms with E-state index in [2.05, 4.69) is 10.1 Å². The molecule has 98 valence electrons. The summed E-state index contributed by atoms with van der Waals surface area (Å²) in [6.07, 6.45) is 3.48. The third-order valence-electron chi connectivity index (χ3n) is 3.20. The van der Waals surface area contributed by atoms with E-state index in [0.717, 1.165) is 12.8 Å². The van der Waals surface area contributed by atoms with Crippen LogP contribution in [0.25, 0.3) is 16.6 Å². The van der Waals surface area contributed by atoms with Crippen molar-refractivity contribution in [3.05, 3.63) is 45.2 Å². The number of aromatic nitrogens is 4. The zero-order valence-electron chi connectivity index (χ0n) is 10.6. The van der Waals surface area contributed by atoms with Gasteiger partial charge in [0.2, 0.25) is 0 Å². The molecule has 0 amide bonds. The van der Waals surface area contributed by atoms with Crippen LogP contribution in [-0.2, 0) is 6.54 Å². The van der Waals surface area contributed by atoms with Crippen molar-refractivity contribution >= 4 is 16.6 Å². The Kier molecular flexibility index (Phi) is 2.70. The van der Waals surface area contributed by atoms with E-state index in [-0.39, 0.29) is 5.56 Å². The van der Waals surface area contributed by atoms with Gasteiger partial charge >= 0.3 is 5.69 Å². The molecule has 1 N–H and O–H groups in total. The lowest BCUT2D eigenvalue weighted by Gasteiger charge is -2.02. The fourth-order valence-electron chi connectivity index (χ4n) is 2.21. The van der Waals surface area contributed by atoms with Gasteiger partial charge < -0.3 is 0 Å². The van der Waals surface area contributed by atoms with Crippen LogP contribution in [0.15, 0.2) is 34.0 Å². The Morgan fingerprint density at radius 1 is 1.32 bits per heavy atom. The highest BCUT2D eigenvalue weighted by Gasteiger charge is 2.13. The van der Waals surface area contributed by atoms with E-state index >= 15 is 0 Å². The molecule has 0 unspecified atom stereocenters. The molecule has 3 heterocycles. The summed E-state index contributed by atoms with van der Waals surface area (Å²) in [5, 5.41) is 4.67. The van der Waals surface area contributed by atoms with Crippen molar-refractivity contribution in [3.63, 3.8) is 0 Å². The molecule has 0 aromatic carbocycles. The fraction of sp³-hybridized carbons (Fsp3) is 0.308. The van der Waals surface area contributed by atoms with E-state index in [4.69, 9.17) is 0 Å². The monoisotopic (exact) mass is 258 g/mol. The molecule has 0 aliphatic carbocycles. The van der Waals surface area contributed by atoms with Gasteiger partial charge in [0, 0.05) is 12.7 Å². The summed E-state index contributed by atoms with van der Waals surface area (Å²) < 4.78 is 2.85. The van der Waals surface area contributed by atoms with Crippen LogP contribution in [-0.4, -0.2) is 19.2 Å². The Morgan fingerprint density at radius 3 is 2.95 bits per heavy atom. The molecule has 0 aliphatic heterocycles. The zero-order valence-corrected chi connectivity index (χ0v) is 10.6. The number of fused-ring (bicyclic) bond motifs is 3. The molecule has 0 fully saturated rings. The third kappa shape index (κ3) is 1.76. The number of hydrogen-bond donors (Lipinski definition) is 1. The number of hydrogen-bond acceptors (Lipinski definition) is 3. The molecule has 0 radical (unpaired) electrons. The van der Waals surface area contributed by atoms with Crippen LogP contribution >= 0.6 is 0 Å². The van der Waals surface area contributed by atoms with Crippen molar-refractivity contribution in [2.24, 2.45) is 0 Å². The molecule has 0 atom stereocenters. The van der Waals surface area contributed by atoms with E-state index in [1.165, 1.54) is 4.57 Å². The maximum absolute atomic E-state index is 12.4. The smallest absolute Gasteiger partial charge is 0.290 e. The molecule has 19 heavy (non-hydrogen) atoms. The molecule has 0 saturated carbocycles. The highest BCUT2D eigenvalue weighted by atomic mass is 16.2. The predicted molar refractivity (Wildman–Crippen MR) is 72.5 cm³/mol. The maximum Gasteiger partial charge on any atom is 0.330 e. The summed E-state index contributed by atoms with van der Waals surface area (Å²) in [7, 11) is 0. The first-order valence-electron chi connectivity index (χ1n) is 6.32. The van der Waals surface area contributed by atoms with Gasteiger partial charge in [-0.25, -0.2) is 9.31 Å². The summed E-state index contributed by atoms with van der Waals surface area (Å²) >= 11 is 0. The molecule has 0 saturated heterocycles. The number of rotatable bonds is 3. The second-order valence-electron chi connectivity index (χ2n) is 4.49. The average Bonchev–Trinajstić information content (AvgIpc) is 2.76. The number of pyridine rings is 1. The molecule has 3 aromatic heterocycles. The lowest BCUT2D eigenvalue weighted by atomic mass is 10.3. The first-order valence-corrected chi connectivity index (χ1v) is 6.32. The van der Waals surface area contributed by atoms with Crippen molar-refractivity contribution in [2.75, 3.05) is 0 Å². The number of aromatic amines is 1. The molecule has 0 aliphatic rings. The Morgan fingerprint density at radius 2 is 2.16 bits per heavy atom. The summed E-state index contributed by atoms with van der Waals surface area (Å²) in [6.45, 7) is 2.46. The van der Waals surface area contributed by atoms with E-state index in [1.54, 1.807) is 10.7 Å². The van der Waals surface area contributed by atoms with Crippen LogP contribution in [0.1, 0.15) is 19.8 Å². The van der Waals surface area contributed by atoms with E-state index < -0.39 is 5.69 Å². The molecule has 0 bridgehead atoms. The quantitative estimate of drug-likeness (QED) is 0.765. The largest absolute Gasteiger partial charge is 0.330 e. The molecule has 3 rings (SSSR count). The van der Waals surface area contributed by atoms with E-state index in [1.807, 2.05) is 25.1 Å². The Balaban J connectivity index is 2.39. The van der Waals surface area contributed by atoms with Crippen molar-refractivity contribution in [3.8, 4) is 0 Å². The van der Waals surface area contributed by atoms with Crippen LogP contribution in [0.3, 0.4) is 0 Å². The Bertz CT molecular complexity index is 856. The summed E-state index contributed by atoms with van der Waals surface area (Å²) in [5.74, 6) is 0. The van der Waals surface area contributed by atoms with Crippen LogP contribution in [0.4, 0.5) is 0 Å². The van der Waals surface area contributed by atoms with Crippen LogP contribution in [0.5, 0.6) is 0 Å². The van der Waals surface area contributed by atoms with E-state index in [9.17, 15) is 9.59 Å². The highest BCUT2D eigenvalue weighted by molar-refractivity contribution is 5.90. The molecular formula is C13H14N4O2. The number of H-pyrrole nitrogens is 1. The lowest BCUT2D eigenvalue weighted by molar-refractivity contribution is 0.589. The van der Waals surface area contributed by atoms with Crippen LogP contribution < -0.4 is 11.2 Å². The minimum Gasteiger partial charge on any atom is -0.290 e. The minimum atomic E-state index is -0.394. The summed E-state index contributed by atoms with van der Waals surface area (Å²) in [6, 6.07) is 5.49.